The van der Waals surface area contributed by atoms with Crippen LogP contribution in [0.25, 0.3) is 0 Å². The van der Waals surface area contributed by atoms with Crippen molar-refractivity contribution < 1.29 is 14.0 Å². The zero-order valence-corrected chi connectivity index (χ0v) is 11.2. The average Bonchev–Trinajstić information content (AvgIpc) is 2.75. The van der Waals surface area contributed by atoms with Crippen LogP contribution in [0.3, 0.4) is 0 Å². The summed E-state index contributed by atoms with van der Waals surface area (Å²) in [5.41, 5.74) is 1.58. The predicted molar refractivity (Wildman–Crippen MR) is 74.6 cm³/mol. The summed E-state index contributed by atoms with van der Waals surface area (Å²) in [7, 11) is 0. The molecule has 2 heterocycles. The summed E-state index contributed by atoms with van der Waals surface area (Å²) in [5, 5.41) is 5.33. The molecule has 1 aromatic rings. The van der Waals surface area contributed by atoms with E-state index in [4.69, 9.17) is 0 Å². The van der Waals surface area contributed by atoms with Crippen molar-refractivity contribution in [3.63, 3.8) is 0 Å². The minimum Gasteiger partial charge on any atom is -0.329 e. The van der Waals surface area contributed by atoms with E-state index in [0.717, 1.165) is 0 Å². The molecule has 0 bridgehead atoms. The standard InChI is InChI=1S/C15H14FN3O2/c1-2-6-19-8-11-12(14(19)20)13(18-15(21)17-11)9-4-3-5-10(16)7-9/h2-5,7,13H,1,6,8H2,(H2,17,18,21)/t13-/m1/s1. The van der Waals surface area contributed by atoms with Gasteiger partial charge in [-0.05, 0) is 17.7 Å². The van der Waals surface area contributed by atoms with E-state index < -0.39 is 17.9 Å². The SMILES string of the molecule is C=CCN1CC2=C(C1=O)[C@@H](c1cccc(F)c1)NC(=O)N2. The quantitative estimate of drug-likeness (QED) is 0.827. The third-order valence-electron chi connectivity index (χ3n) is 3.55. The van der Waals surface area contributed by atoms with Gasteiger partial charge in [-0.25, -0.2) is 9.18 Å². The summed E-state index contributed by atoms with van der Waals surface area (Å²) in [4.78, 5) is 25.8. The predicted octanol–water partition coefficient (Wildman–Crippen LogP) is 1.46. The maximum absolute atomic E-state index is 13.4. The van der Waals surface area contributed by atoms with Crippen molar-refractivity contribution in [3.8, 4) is 0 Å². The highest BCUT2D eigenvalue weighted by atomic mass is 19.1. The van der Waals surface area contributed by atoms with Gasteiger partial charge in [0.25, 0.3) is 5.91 Å². The van der Waals surface area contributed by atoms with Crippen LogP contribution < -0.4 is 10.6 Å². The number of halogens is 1. The smallest absolute Gasteiger partial charge is 0.319 e. The van der Waals surface area contributed by atoms with Crippen LogP contribution in [-0.2, 0) is 4.79 Å². The van der Waals surface area contributed by atoms with Crippen molar-refractivity contribution in [2.24, 2.45) is 0 Å². The topological polar surface area (TPSA) is 61.4 Å². The number of rotatable bonds is 3. The third kappa shape index (κ3) is 2.29. The minimum atomic E-state index is -0.633. The first-order valence-electron chi connectivity index (χ1n) is 6.56. The number of carbonyl (C=O) groups excluding carboxylic acids is 2. The van der Waals surface area contributed by atoms with Crippen LogP contribution in [0.4, 0.5) is 9.18 Å². The molecule has 2 N–H and O–H groups in total. The summed E-state index contributed by atoms with van der Waals surface area (Å²) >= 11 is 0. The van der Waals surface area contributed by atoms with Crippen molar-refractivity contribution in [2.45, 2.75) is 6.04 Å². The first kappa shape index (κ1) is 13.4. The summed E-state index contributed by atoms with van der Waals surface area (Å²) in [6.07, 6.45) is 1.63. The van der Waals surface area contributed by atoms with Crippen molar-refractivity contribution in [3.05, 3.63) is 59.6 Å². The van der Waals surface area contributed by atoms with Crippen LogP contribution in [0.2, 0.25) is 0 Å². The van der Waals surface area contributed by atoms with Gasteiger partial charge in [-0.2, -0.15) is 0 Å². The molecule has 0 aromatic heterocycles. The fraction of sp³-hybridized carbons (Fsp3) is 0.200. The van der Waals surface area contributed by atoms with Crippen molar-refractivity contribution >= 4 is 11.9 Å². The van der Waals surface area contributed by atoms with E-state index in [-0.39, 0.29) is 5.91 Å². The highest BCUT2D eigenvalue weighted by molar-refractivity contribution is 6.01. The van der Waals surface area contributed by atoms with Crippen LogP contribution in [0.5, 0.6) is 0 Å². The summed E-state index contributed by atoms with van der Waals surface area (Å²) in [5.74, 6) is -0.581. The number of nitrogens with one attached hydrogen (secondary N) is 2. The average molecular weight is 287 g/mol. The van der Waals surface area contributed by atoms with E-state index in [1.54, 1.807) is 23.1 Å². The molecule has 1 aromatic carbocycles. The Bertz CT molecular complexity index is 669. The maximum Gasteiger partial charge on any atom is 0.319 e. The van der Waals surface area contributed by atoms with Gasteiger partial charge in [0.1, 0.15) is 5.82 Å². The molecule has 0 radical (unpaired) electrons. The summed E-state index contributed by atoms with van der Waals surface area (Å²) < 4.78 is 13.4. The molecule has 21 heavy (non-hydrogen) atoms. The van der Waals surface area contributed by atoms with Crippen LogP contribution in [0.1, 0.15) is 11.6 Å². The lowest BCUT2D eigenvalue weighted by atomic mass is 9.96. The highest BCUT2D eigenvalue weighted by Crippen LogP contribution is 2.32. The third-order valence-corrected chi connectivity index (χ3v) is 3.55. The van der Waals surface area contributed by atoms with Crippen molar-refractivity contribution in [2.75, 3.05) is 13.1 Å². The molecule has 6 heteroatoms. The van der Waals surface area contributed by atoms with E-state index in [9.17, 15) is 14.0 Å². The van der Waals surface area contributed by atoms with Crippen LogP contribution >= 0.6 is 0 Å². The number of urea groups is 1. The van der Waals surface area contributed by atoms with Gasteiger partial charge in [-0.15, -0.1) is 6.58 Å². The van der Waals surface area contributed by atoms with Crippen molar-refractivity contribution in [1.29, 1.82) is 0 Å². The maximum atomic E-state index is 13.4. The van der Waals surface area contributed by atoms with E-state index in [0.29, 0.717) is 29.9 Å². The Morgan fingerprint density at radius 1 is 1.43 bits per heavy atom. The van der Waals surface area contributed by atoms with E-state index in [2.05, 4.69) is 17.2 Å². The largest absolute Gasteiger partial charge is 0.329 e. The molecule has 0 unspecified atom stereocenters. The Balaban J connectivity index is 2.00. The summed E-state index contributed by atoms with van der Waals surface area (Å²) in [6, 6.07) is 4.86. The number of nitrogens with zero attached hydrogens (tertiary/aromatic N) is 1. The number of carbonyl (C=O) groups is 2. The monoisotopic (exact) mass is 287 g/mol. The van der Waals surface area contributed by atoms with E-state index >= 15 is 0 Å². The minimum absolute atomic E-state index is 0.174. The zero-order chi connectivity index (χ0) is 15.0. The lowest BCUT2D eigenvalue weighted by Gasteiger charge is -2.25. The fourth-order valence-corrected chi connectivity index (χ4v) is 2.67. The molecule has 0 saturated carbocycles. The molecule has 108 valence electrons. The van der Waals surface area contributed by atoms with Crippen molar-refractivity contribution in [1.82, 2.24) is 15.5 Å². The Kier molecular flexibility index (Phi) is 3.21. The molecular weight excluding hydrogens is 273 g/mol. The Morgan fingerprint density at radius 2 is 2.24 bits per heavy atom. The van der Waals surface area contributed by atoms with Gasteiger partial charge in [-0.1, -0.05) is 18.2 Å². The second-order valence-corrected chi connectivity index (χ2v) is 4.95. The molecule has 0 saturated heterocycles. The van der Waals surface area contributed by atoms with E-state index in [1.165, 1.54) is 12.1 Å². The van der Waals surface area contributed by atoms with Crippen LogP contribution in [0.15, 0.2) is 48.2 Å². The Labute approximate surface area is 121 Å². The molecule has 3 amide bonds. The Hall–Kier alpha value is -2.63. The number of hydrogen-bond donors (Lipinski definition) is 2. The van der Waals surface area contributed by atoms with Gasteiger partial charge >= 0.3 is 6.03 Å². The van der Waals surface area contributed by atoms with Gasteiger partial charge < -0.3 is 15.5 Å². The number of amides is 3. The van der Waals surface area contributed by atoms with Gasteiger partial charge in [0.15, 0.2) is 0 Å². The first-order chi connectivity index (χ1) is 10.1. The normalized spacial score (nSPS) is 21.0. The molecule has 3 rings (SSSR count). The van der Waals surface area contributed by atoms with Gasteiger partial charge in [0.2, 0.25) is 0 Å². The molecule has 2 aliphatic heterocycles. The fourth-order valence-electron chi connectivity index (χ4n) is 2.67. The lowest BCUT2D eigenvalue weighted by molar-refractivity contribution is -0.125. The zero-order valence-electron chi connectivity index (χ0n) is 11.2. The number of benzene rings is 1. The first-order valence-corrected chi connectivity index (χ1v) is 6.56. The summed E-state index contributed by atoms with van der Waals surface area (Å²) in [6.45, 7) is 4.35. The van der Waals surface area contributed by atoms with Crippen LogP contribution in [0, 0.1) is 5.82 Å². The lowest BCUT2D eigenvalue weighted by Crippen LogP contribution is -2.44. The van der Waals surface area contributed by atoms with Gasteiger partial charge in [-0.3, -0.25) is 4.79 Å². The van der Waals surface area contributed by atoms with Gasteiger partial charge in [0, 0.05) is 6.54 Å². The molecule has 5 nitrogen and oxygen atoms in total. The molecule has 2 aliphatic rings. The van der Waals surface area contributed by atoms with Gasteiger partial charge in [0.05, 0.1) is 23.9 Å². The molecule has 1 atom stereocenters. The highest BCUT2D eigenvalue weighted by Gasteiger charge is 2.39. The number of hydrogen-bond acceptors (Lipinski definition) is 2. The molecular formula is C15H14FN3O2. The molecule has 0 fully saturated rings. The molecule has 0 aliphatic carbocycles. The Morgan fingerprint density at radius 3 is 2.95 bits per heavy atom. The van der Waals surface area contributed by atoms with Crippen LogP contribution in [-0.4, -0.2) is 29.9 Å². The second-order valence-electron chi connectivity index (χ2n) is 4.95. The van der Waals surface area contributed by atoms with E-state index in [1.807, 2.05) is 0 Å². The molecule has 0 spiro atoms. The second kappa shape index (κ2) is 5.05.